The number of hydrogen-bond acceptors (Lipinski definition) is 5. The van der Waals surface area contributed by atoms with Crippen molar-refractivity contribution in [2.24, 2.45) is 0 Å². The van der Waals surface area contributed by atoms with Gasteiger partial charge >= 0.3 is 0 Å². The Morgan fingerprint density at radius 1 is 1.00 bits per heavy atom. The van der Waals surface area contributed by atoms with E-state index in [9.17, 15) is 4.79 Å². The summed E-state index contributed by atoms with van der Waals surface area (Å²) < 4.78 is 10.6. The number of piperazine rings is 1. The lowest BCUT2D eigenvalue weighted by molar-refractivity contribution is -0.123. The van der Waals surface area contributed by atoms with Crippen LogP contribution in [0.15, 0.2) is 48.5 Å². The SMILES string of the molecule is COc1ccc(OCC(=O)NCCN2CCN(c3ccc(Cl)cc3)CC2)cc1. The number of anilines is 1. The van der Waals surface area contributed by atoms with Gasteiger partial charge in [-0.05, 0) is 48.5 Å². The molecule has 3 rings (SSSR count). The predicted octanol–water partition coefficient (Wildman–Crippen LogP) is 2.67. The van der Waals surface area contributed by atoms with Crippen LogP contribution >= 0.6 is 11.6 Å². The van der Waals surface area contributed by atoms with Crippen molar-refractivity contribution in [2.75, 3.05) is 57.9 Å². The predicted molar refractivity (Wildman–Crippen MR) is 112 cm³/mol. The van der Waals surface area contributed by atoms with E-state index in [2.05, 4.69) is 27.2 Å². The van der Waals surface area contributed by atoms with Crippen LogP contribution in [-0.4, -0.2) is 63.8 Å². The monoisotopic (exact) mass is 403 g/mol. The van der Waals surface area contributed by atoms with Gasteiger partial charge in [-0.15, -0.1) is 0 Å². The first-order chi connectivity index (χ1) is 13.6. The summed E-state index contributed by atoms with van der Waals surface area (Å²) >= 11 is 5.95. The number of methoxy groups -OCH3 is 1. The van der Waals surface area contributed by atoms with Crippen molar-refractivity contribution in [3.8, 4) is 11.5 Å². The van der Waals surface area contributed by atoms with Gasteiger partial charge in [0, 0.05) is 50.0 Å². The van der Waals surface area contributed by atoms with Crippen LogP contribution in [0.4, 0.5) is 5.69 Å². The quantitative estimate of drug-likeness (QED) is 0.734. The van der Waals surface area contributed by atoms with Crippen LogP contribution in [0, 0.1) is 0 Å². The van der Waals surface area contributed by atoms with Gasteiger partial charge in [0.2, 0.25) is 0 Å². The highest BCUT2D eigenvalue weighted by Crippen LogP contribution is 2.19. The van der Waals surface area contributed by atoms with Crippen LogP contribution in [0.3, 0.4) is 0 Å². The molecule has 1 amide bonds. The third kappa shape index (κ3) is 6.04. The summed E-state index contributed by atoms with van der Waals surface area (Å²) in [5, 5.41) is 3.67. The standard InChI is InChI=1S/C21H26ClN3O3/c1-27-19-6-8-20(9-7-19)28-16-21(26)23-10-11-24-12-14-25(15-13-24)18-4-2-17(22)3-5-18/h2-9H,10-16H2,1H3,(H,23,26). The Bertz CT molecular complexity index is 744. The fourth-order valence-electron chi connectivity index (χ4n) is 3.11. The van der Waals surface area contributed by atoms with E-state index < -0.39 is 0 Å². The molecule has 28 heavy (non-hydrogen) atoms. The lowest BCUT2D eigenvalue weighted by Crippen LogP contribution is -2.48. The minimum Gasteiger partial charge on any atom is -0.497 e. The molecular formula is C21H26ClN3O3. The summed E-state index contributed by atoms with van der Waals surface area (Å²) in [5.74, 6) is 1.29. The van der Waals surface area contributed by atoms with E-state index in [1.807, 2.05) is 12.1 Å². The fourth-order valence-corrected chi connectivity index (χ4v) is 3.23. The molecule has 0 atom stereocenters. The maximum absolute atomic E-state index is 11.9. The number of carbonyl (C=O) groups excluding carboxylic acids is 1. The van der Waals surface area contributed by atoms with Crippen LogP contribution in [0.5, 0.6) is 11.5 Å². The van der Waals surface area contributed by atoms with Crippen molar-refractivity contribution in [1.82, 2.24) is 10.2 Å². The fraction of sp³-hybridized carbons (Fsp3) is 0.381. The first-order valence-electron chi connectivity index (χ1n) is 9.40. The number of hydrogen-bond donors (Lipinski definition) is 1. The van der Waals surface area contributed by atoms with Gasteiger partial charge in [-0.2, -0.15) is 0 Å². The molecule has 0 saturated carbocycles. The van der Waals surface area contributed by atoms with E-state index in [1.165, 1.54) is 5.69 Å². The second kappa shape index (κ2) is 10.2. The zero-order valence-corrected chi connectivity index (χ0v) is 16.8. The average Bonchev–Trinajstić information content (AvgIpc) is 2.74. The number of ether oxygens (including phenoxy) is 2. The van der Waals surface area contributed by atoms with Gasteiger partial charge in [0.15, 0.2) is 6.61 Å². The molecule has 1 fully saturated rings. The highest BCUT2D eigenvalue weighted by atomic mass is 35.5. The van der Waals surface area contributed by atoms with Crippen LogP contribution in [-0.2, 0) is 4.79 Å². The van der Waals surface area contributed by atoms with Gasteiger partial charge in [0.25, 0.3) is 5.91 Å². The molecule has 1 saturated heterocycles. The second-order valence-electron chi connectivity index (χ2n) is 6.62. The van der Waals surface area contributed by atoms with Gasteiger partial charge in [-0.1, -0.05) is 11.6 Å². The first-order valence-corrected chi connectivity index (χ1v) is 9.78. The Labute approximate surface area is 171 Å². The van der Waals surface area contributed by atoms with Crippen molar-refractivity contribution < 1.29 is 14.3 Å². The van der Waals surface area contributed by atoms with E-state index >= 15 is 0 Å². The van der Waals surface area contributed by atoms with Gasteiger partial charge in [0.1, 0.15) is 11.5 Å². The summed E-state index contributed by atoms with van der Waals surface area (Å²) in [6.45, 7) is 5.35. The van der Waals surface area contributed by atoms with Crippen LogP contribution in [0.1, 0.15) is 0 Å². The smallest absolute Gasteiger partial charge is 0.257 e. The number of carbonyl (C=O) groups is 1. The second-order valence-corrected chi connectivity index (χ2v) is 7.06. The third-order valence-corrected chi connectivity index (χ3v) is 5.00. The number of amides is 1. The maximum Gasteiger partial charge on any atom is 0.257 e. The van der Waals surface area contributed by atoms with Crippen LogP contribution in [0.25, 0.3) is 0 Å². The van der Waals surface area contributed by atoms with E-state index in [0.29, 0.717) is 12.3 Å². The molecular weight excluding hydrogens is 378 g/mol. The minimum absolute atomic E-state index is 0.0106. The topological polar surface area (TPSA) is 54.0 Å². The first kappa shape index (κ1) is 20.3. The van der Waals surface area contributed by atoms with Crippen molar-refractivity contribution in [2.45, 2.75) is 0 Å². The molecule has 2 aromatic carbocycles. The molecule has 1 N–H and O–H groups in total. The number of rotatable bonds is 8. The Balaban J connectivity index is 1.30. The maximum atomic E-state index is 11.9. The summed E-state index contributed by atoms with van der Waals surface area (Å²) in [4.78, 5) is 16.7. The van der Waals surface area contributed by atoms with Crippen LogP contribution in [0.2, 0.25) is 5.02 Å². The molecule has 7 heteroatoms. The lowest BCUT2D eigenvalue weighted by atomic mass is 10.2. The Morgan fingerprint density at radius 2 is 1.64 bits per heavy atom. The summed E-state index contributed by atoms with van der Waals surface area (Å²) in [6, 6.07) is 15.1. The molecule has 0 radical (unpaired) electrons. The zero-order chi connectivity index (χ0) is 19.8. The zero-order valence-electron chi connectivity index (χ0n) is 16.1. The molecule has 0 aromatic heterocycles. The lowest BCUT2D eigenvalue weighted by Gasteiger charge is -2.36. The summed E-state index contributed by atoms with van der Waals surface area (Å²) in [6.07, 6.45) is 0. The molecule has 1 heterocycles. The van der Waals surface area contributed by atoms with Gasteiger partial charge in [-0.25, -0.2) is 0 Å². The van der Waals surface area contributed by atoms with Crippen molar-refractivity contribution in [3.63, 3.8) is 0 Å². The average molecular weight is 404 g/mol. The molecule has 0 aliphatic carbocycles. The van der Waals surface area contributed by atoms with Crippen molar-refractivity contribution >= 4 is 23.2 Å². The van der Waals surface area contributed by atoms with E-state index in [0.717, 1.165) is 43.5 Å². The molecule has 0 spiro atoms. The van der Waals surface area contributed by atoms with Crippen molar-refractivity contribution in [1.29, 1.82) is 0 Å². The molecule has 1 aliphatic rings. The number of halogens is 1. The van der Waals surface area contributed by atoms with Gasteiger partial charge in [-0.3, -0.25) is 9.69 Å². The molecule has 0 unspecified atom stereocenters. The van der Waals surface area contributed by atoms with E-state index in [4.69, 9.17) is 21.1 Å². The Hall–Kier alpha value is -2.44. The number of nitrogens with one attached hydrogen (secondary N) is 1. The van der Waals surface area contributed by atoms with Gasteiger partial charge in [0.05, 0.1) is 7.11 Å². The minimum atomic E-state index is -0.115. The van der Waals surface area contributed by atoms with Crippen LogP contribution < -0.4 is 19.7 Å². The van der Waals surface area contributed by atoms with E-state index in [1.54, 1.807) is 31.4 Å². The third-order valence-electron chi connectivity index (χ3n) is 4.74. The Morgan fingerprint density at radius 3 is 2.29 bits per heavy atom. The van der Waals surface area contributed by atoms with Gasteiger partial charge < -0.3 is 19.7 Å². The summed E-state index contributed by atoms with van der Waals surface area (Å²) in [5.41, 5.74) is 1.20. The highest BCUT2D eigenvalue weighted by Gasteiger charge is 2.17. The highest BCUT2D eigenvalue weighted by molar-refractivity contribution is 6.30. The Kier molecular flexibility index (Phi) is 7.39. The van der Waals surface area contributed by atoms with Crippen molar-refractivity contribution in [3.05, 3.63) is 53.6 Å². The van der Waals surface area contributed by atoms with E-state index in [-0.39, 0.29) is 12.5 Å². The molecule has 1 aliphatic heterocycles. The molecule has 6 nitrogen and oxygen atoms in total. The molecule has 150 valence electrons. The number of nitrogens with zero attached hydrogens (tertiary/aromatic N) is 2. The number of benzene rings is 2. The normalized spacial score (nSPS) is 14.6. The largest absolute Gasteiger partial charge is 0.497 e. The molecule has 2 aromatic rings. The molecule has 0 bridgehead atoms. The summed E-state index contributed by atoms with van der Waals surface area (Å²) in [7, 11) is 1.61.